The molecule has 3 saturated heterocycles. The minimum atomic E-state index is -4.34. The summed E-state index contributed by atoms with van der Waals surface area (Å²) in [6.07, 6.45) is -3.91. The van der Waals surface area contributed by atoms with E-state index in [0.717, 1.165) is 17.7 Å². The number of carbonyl (C=O) groups excluding carboxylic acids is 2. The number of likely N-dealkylation sites (tertiary alicyclic amines) is 1. The zero-order valence-corrected chi connectivity index (χ0v) is 18.1. The zero-order valence-electron chi connectivity index (χ0n) is 18.1. The van der Waals surface area contributed by atoms with Gasteiger partial charge < -0.3 is 15.3 Å². The van der Waals surface area contributed by atoms with Gasteiger partial charge in [-0.2, -0.15) is 13.2 Å². The SMILES string of the molecule is CC(=O)NCCC(=O)N1CC2CC(O)CN2C2(CN(Cc3ccc(C(F)(F)F)cc3)C2)C1. The zero-order chi connectivity index (χ0) is 23.1. The second kappa shape index (κ2) is 8.64. The molecular formula is C22H29F3N4O3. The molecule has 2 unspecified atom stereocenters. The van der Waals surface area contributed by atoms with Crippen LogP contribution in [0.15, 0.2) is 24.3 Å². The van der Waals surface area contributed by atoms with Crippen LogP contribution in [-0.2, 0) is 22.3 Å². The van der Waals surface area contributed by atoms with Gasteiger partial charge in [-0.25, -0.2) is 0 Å². The molecule has 1 aromatic carbocycles. The molecule has 0 aromatic heterocycles. The smallest absolute Gasteiger partial charge is 0.392 e. The number of rotatable bonds is 5. The molecule has 7 nitrogen and oxygen atoms in total. The summed E-state index contributed by atoms with van der Waals surface area (Å²) < 4.78 is 38.4. The highest BCUT2D eigenvalue weighted by Crippen LogP contribution is 2.39. The average Bonchev–Trinajstić information content (AvgIpc) is 3.06. The predicted molar refractivity (Wildman–Crippen MR) is 110 cm³/mol. The fourth-order valence-corrected chi connectivity index (χ4v) is 5.34. The van der Waals surface area contributed by atoms with E-state index in [0.29, 0.717) is 52.2 Å². The molecule has 2 N–H and O–H groups in total. The predicted octanol–water partition coefficient (Wildman–Crippen LogP) is 1.06. The molecule has 2 atom stereocenters. The maximum Gasteiger partial charge on any atom is 0.416 e. The Morgan fingerprint density at radius 3 is 2.47 bits per heavy atom. The van der Waals surface area contributed by atoms with Crippen molar-refractivity contribution in [2.75, 3.05) is 39.3 Å². The van der Waals surface area contributed by atoms with Crippen LogP contribution in [0.5, 0.6) is 0 Å². The van der Waals surface area contributed by atoms with Gasteiger partial charge in [-0.05, 0) is 24.1 Å². The van der Waals surface area contributed by atoms with E-state index in [1.165, 1.54) is 19.1 Å². The lowest BCUT2D eigenvalue weighted by atomic mass is 9.83. The van der Waals surface area contributed by atoms with Crippen LogP contribution >= 0.6 is 0 Å². The molecule has 0 aliphatic carbocycles. The molecule has 0 radical (unpaired) electrons. The van der Waals surface area contributed by atoms with Crippen molar-refractivity contribution in [2.45, 2.75) is 50.2 Å². The molecule has 176 valence electrons. The summed E-state index contributed by atoms with van der Waals surface area (Å²) in [4.78, 5) is 30.1. The van der Waals surface area contributed by atoms with Gasteiger partial charge >= 0.3 is 6.18 Å². The first-order valence-corrected chi connectivity index (χ1v) is 10.9. The van der Waals surface area contributed by atoms with Crippen LogP contribution in [0, 0.1) is 0 Å². The van der Waals surface area contributed by atoms with Crippen LogP contribution in [-0.4, -0.2) is 88.6 Å². The Morgan fingerprint density at radius 1 is 1.16 bits per heavy atom. The minimum Gasteiger partial charge on any atom is -0.392 e. The average molecular weight is 454 g/mol. The first kappa shape index (κ1) is 23.0. The number of piperazine rings is 1. The number of nitrogens with one attached hydrogen (secondary N) is 1. The van der Waals surface area contributed by atoms with Crippen LogP contribution < -0.4 is 5.32 Å². The van der Waals surface area contributed by atoms with Crippen LogP contribution in [0.2, 0.25) is 0 Å². The molecule has 3 heterocycles. The van der Waals surface area contributed by atoms with Gasteiger partial charge in [0.25, 0.3) is 0 Å². The summed E-state index contributed by atoms with van der Waals surface area (Å²) in [5.74, 6) is -0.184. The monoisotopic (exact) mass is 454 g/mol. The van der Waals surface area contributed by atoms with Crippen molar-refractivity contribution in [1.29, 1.82) is 0 Å². The Kier molecular flexibility index (Phi) is 6.21. The topological polar surface area (TPSA) is 76.1 Å². The molecule has 4 rings (SSSR count). The maximum atomic E-state index is 12.8. The summed E-state index contributed by atoms with van der Waals surface area (Å²) in [5.41, 5.74) is -0.100. The number of hydrogen-bond donors (Lipinski definition) is 2. The maximum absolute atomic E-state index is 12.8. The number of aliphatic hydroxyl groups excluding tert-OH is 1. The van der Waals surface area contributed by atoms with E-state index in [1.807, 2.05) is 4.90 Å². The van der Waals surface area contributed by atoms with Gasteiger partial charge in [0.15, 0.2) is 0 Å². The van der Waals surface area contributed by atoms with E-state index in [-0.39, 0.29) is 29.8 Å². The third kappa shape index (κ3) is 4.77. The fourth-order valence-electron chi connectivity index (χ4n) is 5.34. The van der Waals surface area contributed by atoms with E-state index in [2.05, 4.69) is 15.1 Å². The molecule has 10 heteroatoms. The van der Waals surface area contributed by atoms with E-state index >= 15 is 0 Å². The lowest BCUT2D eigenvalue weighted by Gasteiger charge is -2.61. The number of β-amino-alcohol motifs (C(OH)–C–C–N with tert-alkyl or cyclic N) is 1. The largest absolute Gasteiger partial charge is 0.416 e. The Balaban J connectivity index is 1.39. The van der Waals surface area contributed by atoms with Crippen molar-refractivity contribution in [3.05, 3.63) is 35.4 Å². The highest BCUT2D eigenvalue weighted by Gasteiger charge is 2.56. The van der Waals surface area contributed by atoms with Gasteiger partial charge in [0.1, 0.15) is 0 Å². The van der Waals surface area contributed by atoms with E-state index < -0.39 is 17.8 Å². The van der Waals surface area contributed by atoms with Crippen LogP contribution in [0.1, 0.15) is 30.9 Å². The van der Waals surface area contributed by atoms with Crippen molar-refractivity contribution in [3.8, 4) is 0 Å². The second-order valence-corrected chi connectivity index (χ2v) is 9.27. The molecule has 3 aliphatic heterocycles. The molecule has 2 amide bonds. The minimum absolute atomic E-state index is 0.0136. The highest BCUT2D eigenvalue weighted by molar-refractivity contribution is 5.78. The molecule has 1 aromatic rings. The van der Waals surface area contributed by atoms with Crippen LogP contribution in [0.4, 0.5) is 13.2 Å². The molecule has 0 bridgehead atoms. The van der Waals surface area contributed by atoms with Crippen molar-refractivity contribution < 1.29 is 27.9 Å². The number of amides is 2. The standard InChI is InChI=1S/C22H29F3N4O3/c1-15(30)26-7-6-20(32)28-10-18-8-19(31)11-29(18)21(14-28)12-27(13-21)9-16-2-4-17(5-3-16)22(23,24)25/h2-5,18-19,31H,6-14H2,1H3,(H,26,30). The molecule has 1 spiro atoms. The Hall–Kier alpha value is -2.17. The molecule has 3 fully saturated rings. The summed E-state index contributed by atoms with van der Waals surface area (Å²) in [7, 11) is 0. The molecule has 32 heavy (non-hydrogen) atoms. The number of halogens is 3. The summed E-state index contributed by atoms with van der Waals surface area (Å²) in [5, 5.41) is 12.9. The van der Waals surface area contributed by atoms with Crippen molar-refractivity contribution in [1.82, 2.24) is 20.0 Å². The van der Waals surface area contributed by atoms with Crippen LogP contribution in [0.3, 0.4) is 0 Å². The van der Waals surface area contributed by atoms with E-state index in [1.54, 1.807) is 0 Å². The van der Waals surface area contributed by atoms with Gasteiger partial charge in [0.05, 0.1) is 17.2 Å². The number of fused-ring (bicyclic) bond motifs is 2. The van der Waals surface area contributed by atoms with Gasteiger partial charge in [0, 0.05) is 65.2 Å². The highest BCUT2D eigenvalue weighted by atomic mass is 19.4. The van der Waals surface area contributed by atoms with Gasteiger partial charge in [-0.1, -0.05) is 12.1 Å². The Bertz CT molecular complexity index is 855. The summed E-state index contributed by atoms with van der Waals surface area (Å²) in [6.45, 7) is 5.32. The first-order chi connectivity index (χ1) is 15.1. The van der Waals surface area contributed by atoms with Gasteiger partial charge in [0.2, 0.25) is 11.8 Å². The summed E-state index contributed by atoms with van der Waals surface area (Å²) in [6, 6.07) is 5.32. The number of benzene rings is 1. The quantitative estimate of drug-likeness (QED) is 0.696. The van der Waals surface area contributed by atoms with Gasteiger partial charge in [-0.15, -0.1) is 0 Å². The third-order valence-electron chi connectivity index (χ3n) is 6.71. The third-order valence-corrected chi connectivity index (χ3v) is 6.71. The van der Waals surface area contributed by atoms with E-state index in [9.17, 15) is 27.9 Å². The Labute approximate surface area is 185 Å². The number of nitrogens with zero attached hydrogens (tertiary/aromatic N) is 3. The van der Waals surface area contributed by atoms with Gasteiger partial charge in [-0.3, -0.25) is 19.4 Å². The second-order valence-electron chi connectivity index (χ2n) is 9.27. The normalized spacial score (nSPS) is 25.5. The Morgan fingerprint density at radius 2 is 1.84 bits per heavy atom. The van der Waals surface area contributed by atoms with Crippen LogP contribution in [0.25, 0.3) is 0 Å². The van der Waals surface area contributed by atoms with E-state index in [4.69, 9.17) is 0 Å². The lowest BCUT2D eigenvalue weighted by molar-refractivity contribution is -0.151. The first-order valence-electron chi connectivity index (χ1n) is 10.9. The van der Waals surface area contributed by atoms with Crippen molar-refractivity contribution >= 4 is 11.8 Å². The number of carbonyl (C=O) groups is 2. The summed E-state index contributed by atoms with van der Waals surface area (Å²) >= 11 is 0. The number of aliphatic hydroxyl groups is 1. The number of hydrogen-bond acceptors (Lipinski definition) is 5. The lowest BCUT2D eigenvalue weighted by Crippen LogP contribution is -2.78. The fraction of sp³-hybridized carbons (Fsp3) is 0.636. The number of alkyl halides is 3. The van der Waals surface area contributed by atoms with Crippen molar-refractivity contribution in [2.24, 2.45) is 0 Å². The molecule has 3 aliphatic rings. The molecular weight excluding hydrogens is 425 g/mol. The van der Waals surface area contributed by atoms with Crippen molar-refractivity contribution in [3.63, 3.8) is 0 Å². The molecule has 0 saturated carbocycles.